The first kappa shape index (κ1) is 18.6. The van der Waals surface area contributed by atoms with Crippen molar-refractivity contribution in [1.82, 2.24) is 9.47 Å². The highest BCUT2D eigenvalue weighted by molar-refractivity contribution is 5.93. The van der Waals surface area contributed by atoms with E-state index in [2.05, 4.69) is 46.7 Å². The minimum absolute atomic E-state index is 0.140. The third kappa shape index (κ3) is 2.37. The van der Waals surface area contributed by atoms with Gasteiger partial charge in [-0.1, -0.05) is 31.2 Å². The van der Waals surface area contributed by atoms with Crippen LogP contribution in [0.25, 0.3) is 16.6 Å². The largest absolute Gasteiger partial charge is 0.463 e. The summed E-state index contributed by atoms with van der Waals surface area (Å²) in [5, 5.41) is 1.28. The van der Waals surface area contributed by atoms with Gasteiger partial charge < -0.3 is 15.0 Å². The maximum Gasteiger partial charge on any atom is 0.330 e. The summed E-state index contributed by atoms with van der Waals surface area (Å²) in [5.41, 5.74) is 11.5. The number of nitrogens with two attached hydrogens (primary N) is 1. The number of aromatic nitrogens is 1. The first-order chi connectivity index (χ1) is 14.1. The van der Waals surface area contributed by atoms with Gasteiger partial charge in [0.15, 0.2) is 0 Å². The Hall–Kier alpha value is -2.37. The number of carbonyl (C=O) groups excluding carboxylic acids is 1. The van der Waals surface area contributed by atoms with E-state index in [0.717, 1.165) is 44.5 Å². The summed E-state index contributed by atoms with van der Waals surface area (Å²) < 4.78 is 7.42. The molecule has 4 heterocycles. The zero-order valence-electron chi connectivity index (χ0n) is 17.3. The number of benzene rings is 1. The molecule has 2 N–H and O–H groups in total. The Kier molecular flexibility index (Phi) is 4.23. The van der Waals surface area contributed by atoms with Gasteiger partial charge >= 0.3 is 5.97 Å². The molecule has 2 atom stereocenters. The zero-order valence-corrected chi connectivity index (χ0v) is 17.3. The van der Waals surface area contributed by atoms with Crippen LogP contribution in [0.5, 0.6) is 0 Å². The fourth-order valence-electron chi connectivity index (χ4n) is 5.96. The van der Waals surface area contributed by atoms with Gasteiger partial charge in [-0.25, -0.2) is 4.79 Å². The molecule has 5 nitrogen and oxygen atoms in total. The lowest BCUT2D eigenvalue weighted by Gasteiger charge is -2.60. The second-order valence-corrected chi connectivity index (χ2v) is 8.45. The molecule has 1 saturated heterocycles. The van der Waals surface area contributed by atoms with Crippen molar-refractivity contribution in [1.29, 1.82) is 0 Å². The molecule has 2 aromatic rings. The van der Waals surface area contributed by atoms with E-state index in [-0.39, 0.29) is 11.4 Å². The van der Waals surface area contributed by atoms with Crippen molar-refractivity contribution in [2.24, 2.45) is 11.1 Å². The maximum absolute atomic E-state index is 12.0. The van der Waals surface area contributed by atoms with E-state index in [0.29, 0.717) is 6.61 Å². The summed E-state index contributed by atoms with van der Waals surface area (Å²) in [6, 6.07) is 8.55. The van der Waals surface area contributed by atoms with Crippen LogP contribution < -0.4 is 5.73 Å². The van der Waals surface area contributed by atoms with E-state index in [4.69, 9.17) is 10.5 Å². The van der Waals surface area contributed by atoms with Gasteiger partial charge in [-0.05, 0) is 50.3 Å². The molecule has 0 spiro atoms. The van der Waals surface area contributed by atoms with Crippen LogP contribution in [0.1, 0.15) is 44.4 Å². The summed E-state index contributed by atoms with van der Waals surface area (Å²) in [4.78, 5) is 14.5. The Morgan fingerprint density at radius 1 is 1.28 bits per heavy atom. The van der Waals surface area contributed by atoms with Crippen LogP contribution in [-0.4, -0.2) is 35.1 Å². The molecule has 0 saturated carbocycles. The number of ether oxygens (including phenoxy) is 1. The third-order valence-corrected chi connectivity index (χ3v) is 7.27. The lowest BCUT2D eigenvalue weighted by molar-refractivity contribution is -0.137. The number of allylic oxidation sites excluding steroid dienone is 2. The van der Waals surface area contributed by atoms with Crippen molar-refractivity contribution in [2.75, 3.05) is 19.7 Å². The van der Waals surface area contributed by atoms with Gasteiger partial charge in [0.2, 0.25) is 0 Å². The van der Waals surface area contributed by atoms with Crippen molar-refractivity contribution in [3.05, 3.63) is 53.8 Å². The van der Waals surface area contributed by atoms with Crippen molar-refractivity contribution >= 4 is 22.6 Å². The molecular weight excluding hydrogens is 362 g/mol. The highest BCUT2D eigenvalue weighted by Gasteiger charge is 2.59. The Balaban J connectivity index is 1.80. The molecule has 0 radical (unpaired) electrons. The number of hydrogen-bond acceptors (Lipinski definition) is 4. The van der Waals surface area contributed by atoms with E-state index in [1.165, 1.54) is 22.2 Å². The van der Waals surface area contributed by atoms with Gasteiger partial charge in [-0.15, -0.1) is 0 Å². The van der Waals surface area contributed by atoms with Crippen LogP contribution in [0.4, 0.5) is 0 Å². The molecule has 1 aromatic carbocycles. The number of piperidine rings is 1. The van der Waals surface area contributed by atoms with E-state index in [1.807, 2.05) is 13.0 Å². The summed E-state index contributed by atoms with van der Waals surface area (Å²) in [5.74, 6) is -0.306. The van der Waals surface area contributed by atoms with Gasteiger partial charge in [0.05, 0.1) is 17.8 Å². The number of nitrogens with zero attached hydrogens (tertiary/aromatic N) is 2. The monoisotopic (exact) mass is 391 g/mol. The number of hydrogen-bond donors (Lipinski definition) is 1. The zero-order chi connectivity index (χ0) is 20.2. The Bertz CT molecular complexity index is 1050. The van der Waals surface area contributed by atoms with Crippen LogP contribution in [0.15, 0.2) is 42.5 Å². The van der Waals surface area contributed by atoms with Crippen LogP contribution in [0.2, 0.25) is 0 Å². The Morgan fingerprint density at radius 2 is 2.10 bits per heavy atom. The standard InChI is InChI=1S/C24H29N3O2/c1-3-23-13-7-14-26-15-12-19-18-8-5-6-9-20(18)27(22(19)24(23,26)25)17(16-23)10-11-21(28)29-4-2/h5-6,8-11,16H,3-4,7,12-15,25H2,1-2H3/b11-10+/t23-,24+/m0/s1. The molecule has 5 rings (SSSR count). The van der Waals surface area contributed by atoms with E-state index in [1.54, 1.807) is 6.08 Å². The van der Waals surface area contributed by atoms with Crippen LogP contribution in [0.3, 0.4) is 0 Å². The average Bonchev–Trinajstić information content (AvgIpc) is 3.07. The third-order valence-electron chi connectivity index (χ3n) is 7.27. The van der Waals surface area contributed by atoms with E-state index in [9.17, 15) is 4.79 Å². The SMILES string of the molecule is CCOC(=O)/C=C/C1=C[C@]2(CC)CCCN3CCc4c(n1c1ccccc41)[C@@]32N. The van der Waals surface area contributed by atoms with Gasteiger partial charge in [0.25, 0.3) is 0 Å². The summed E-state index contributed by atoms with van der Waals surface area (Å²) in [6.45, 7) is 6.49. The van der Waals surface area contributed by atoms with Crippen molar-refractivity contribution in [2.45, 2.75) is 45.2 Å². The van der Waals surface area contributed by atoms with Gasteiger partial charge in [0.1, 0.15) is 5.66 Å². The quantitative estimate of drug-likeness (QED) is 0.637. The number of rotatable bonds is 4. The average molecular weight is 392 g/mol. The lowest BCUT2D eigenvalue weighted by atomic mass is 9.62. The van der Waals surface area contributed by atoms with Crippen molar-refractivity contribution < 1.29 is 9.53 Å². The molecule has 5 heteroatoms. The van der Waals surface area contributed by atoms with Gasteiger partial charge in [0, 0.05) is 35.7 Å². The van der Waals surface area contributed by atoms with Gasteiger partial charge in [-0.2, -0.15) is 0 Å². The van der Waals surface area contributed by atoms with E-state index < -0.39 is 5.66 Å². The molecule has 1 fully saturated rings. The first-order valence-corrected chi connectivity index (χ1v) is 10.8. The number of fused-ring (bicyclic) bond motifs is 3. The lowest BCUT2D eigenvalue weighted by Crippen LogP contribution is -2.69. The molecule has 3 aliphatic heterocycles. The van der Waals surface area contributed by atoms with E-state index >= 15 is 0 Å². The van der Waals surface area contributed by atoms with Crippen LogP contribution in [-0.2, 0) is 21.6 Å². The molecule has 0 aliphatic carbocycles. The fourth-order valence-corrected chi connectivity index (χ4v) is 5.96. The highest BCUT2D eigenvalue weighted by Crippen LogP contribution is 2.58. The molecule has 29 heavy (non-hydrogen) atoms. The Morgan fingerprint density at radius 3 is 2.90 bits per heavy atom. The fraction of sp³-hybridized carbons (Fsp3) is 0.458. The first-order valence-electron chi connectivity index (χ1n) is 10.8. The second kappa shape index (κ2) is 6.57. The molecule has 0 amide bonds. The normalized spacial score (nSPS) is 28.4. The summed E-state index contributed by atoms with van der Waals surface area (Å²) in [6.07, 6.45) is 9.99. The Labute approximate surface area is 171 Å². The van der Waals surface area contributed by atoms with Crippen molar-refractivity contribution in [3.8, 4) is 0 Å². The smallest absolute Gasteiger partial charge is 0.330 e. The van der Waals surface area contributed by atoms with Crippen LogP contribution in [0, 0.1) is 5.41 Å². The minimum atomic E-state index is -0.506. The van der Waals surface area contributed by atoms with Crippen molar-refractivity contribution in [3.63, 3.8) is 0 Å². The molecule has 152 valence electrons. The molecule has 1 aromatic heterocycles. The number of carbonyl (C=O) groups is 1. The topological polar surface area (TPSA) is 60.5 Å². The molecular formula is C24H29N3O2. The minimum Gasteiger partial charge on any atom is -0.463 e. The summed E-state index contributed by atoms with van der Waals surface area (Å²) in [7, 11) is 0. The highest BCUT2D eigenvalue weighted by atomic mass is 16.5. The van der Waals surface area contributed by atoms with Crippen LogP contribution >= 0.6 is 0 Å². The predicted octanol–water partition coefficient (Wildman–Crippen LogP) is 3.77. The number of para-hydroxylation sites is 1. The molecule has 0 bridgehead atoms. The van der Waals surface area contributed by atoms with Gasteiger partial charge in [-0.3, -0.25) is 4.90 Å². The predicted molar refractivity (Wildman–Crippen MR) is 115 cm³/mol. The number of esters is 1. The second-order valence-electron chi connectivity index (χ2n) is 8.45. The summed E-state index contributed by atoms with van der Waals surface area (Å²) >= 11 is 0. The maximum atomic E-state index is 12.0. The molecule has 3 aliphatic rings. The molecule has 0 unspecified atom stereocenters.